The Bertz CT molecular complexity index is 1460. The van der Waals surface area contributed by atoms with Gasteiger partial charge in [0.05, 0.1) is 10.6 Å². The summed E-state index contributed by atoms with van der Waals surface area (Å²) in [5.74, 6) is -0.776. The number of amides is 2. The minimum Gasteiger partial charge on any atom is -0.352 e. The molecule has 0 radical (unpaired) electrons. The van der Waals surface area contributed by atoms with Crippen LogP contribution in [-0.2, 0) is 26.2 Å². The van der Waals surface area contributed by atoms with Crippen molar-refractivity contribution < 1.29 is 18.0 Å². The van der Waals surface area contributed by atoms with Crippen molar-refractivity contribution in [2.75, 3.05) is 10.8 Å². The average molecular weight is 647 g/mol. The first-order valence-electron chi connectivity index (χ1n) is 13.2. The number of hydrogen-bond acceptors (Lipinski definition) is 4. The Kier molecular flexibility index (Phi) is 9.92. The third-order valence-corrected chi connectivity index (χ3v) is 9.61. The van der Waals surface area contributed by atoms with E-state index < -0.39 is 28.5 Å². The van der Waals surface area contributed by atoms with Gasteiger partial charge in [0.15, 0.2) is 0 Å². The Balaban J connectivity index is 1.69. The van der Waals surface area contributed by atoms with Crippen molar-refractivity contribution in [2.45, 2.75) is 63.1 Å². The predicted octanol–water partition coefficient (Wildman–Crippen LogP) is 6.08. The summed E-state index contributed by atoms with van der Waals surface area (Å²) in [6, 6.07) is 19.6. The van der Waals surface area contributed by atoms with Gasteiger partial charge in [-0.1, -0.05) is 76.3 Å². The molecule has 1 fully saturated rings. The minimum absolute atomic E-state index is 0.0688. The van der Waals surface area contributed by atoms with Crippen LogP contribution in [0.25, 0.3) is 0 Å². The average Bonchev–Trinajstić information content (AvgIpc) is 3.43. The summed E-state index contributed by atoms with van der Waals surface area (Å²) in [5, 5.41) is 3.57. The van der Waals surface area contributed by atoms with Crippen LogP contribution < -0.4 is 9.62 Å². The number of benzene rings is 3. The van der Waals surface area contributed by atoms with Crippen LogP contribution in [0.2, 0.25) is 5.02 Å². The quantitative estimate of drug-likeness (QED) is 0.289. The number of carbonyl (C=O) groups excluding carboxylic acids is 2. The summed E-state index contributed by atoms with van der Waals surface area (Å²) in [6.07, 6.45) is 3.93. The zero-order valence-corrected chi connectivity index (χ0v) is 25.7. The number of aryl methyl sites for hydroxylation is 1. The monoisotopic (exact) mass is 645 g/mol. The molecule has 1 atom stereocenters. The fourth-order valence-electron chi connectivity index (χ4n) is 4.80. The standard InChI is InChI=1S/C30H33BrClN3O4S/c1-21-13-15-28(16-14-21)40(38,39)35(27-12-6-8-24(31)18-27)20-29(36)34(19-23-7-5-9-25(32)17-23)22(2)30(37)33-26-10-3-4-11-26/h5-9,12-18,22,26H,3-4,10-11,19-20H2,1-2H3,(H,33,37)/t22-/m0/s1. The largest absolute Gasteiger partial charge is 0.352 e. The van der Waals surface area contributed by atoms with Crippen LogP contribution in [0.4, 0.5) is 5.69 Å². The molecule has 1 aliphatic rings. The van der Waals surface area contributed by atoms with E-state index in [1.165, 1.54) is 17.0 Å². The molecule has 2 amide bonds. The third-order valence-electron chi connectivity index (χ3n) is 7.09. The van der Waals surface area contributed by atoms with Crippen molar-refractivity contribution in [3.8, 4) is 0 Å². The van der Waals surface area contributed by atoms with Crippen molar-refractivity contribution in [2.24, 2.45) is 0 Å². The smallest absolute Gasteiger partial charge is 0.264 e. The lowest BCUT2D eigenvalue weighted by Crippen LogP contribution is -2.52. The Morgan fingerprint density at radius 3 is 2.35 bits per heavy atom. The molecule has 0 bridgehead atoms. The lowest BCUT2D eigenvalue weighted by molar-refractivity contribution is -0.139. The Labute approximate surface area is 249 Å². The maximum atomic E-state index is 14.0. The van der Waals surface area contributed by atoms with Gasteiger partial charge in [-0.2, -0.15) is 0 Å². The van der Waals surface area contributed by atoms with Gasteiger partial charge < -0.3 is 10.2 Å². The highest BCUT2D eigenvalue weighted by Crippen LogP contribution is 2.27. The number of sulfonamides is 1. The summed E-state index contributed by atoms with van der Waals surface area (Å²) < 4.78 is 29.5. The number of carbonyl (C=O) groups is 2. The van der Waals surface area contributed by atoms with Crippen molar-refractivity contribution in [1.29, 1.82) is 0 Å². The van der Waals surface area contributed by atoms with Crippen molar-refractivity contribution in [3.63, 3.8) is 0 Å². The molecule has 0 aliphatic heterocycles. The second-order valence-corrected chi connectivity index (χ2v) is 13.3. The maximum Gasteiger partial charge on any atom is 0.264 e. The van der Waals surface area contributed by atoms with Crippen molar-refractivity contribution in [1.82, 2.24) is 10.2 Å². The lowest BCUT2D eigenvalue weighted by atomic mass is 10.1. The van der Waals surface area contributed by atoms with E-state index in [4.69, 9.17) is 11.6 Å². The highest BCUT2D eigenvalue weighted by Gasteiger charge is 2.33. The fourth-order valence-corrected chi connectivity index (χ4v) is 6.81. The van der Waals surface area contributed by atoms with Gasteiger partial charge in [-0.3, -0.25) is 13.9 Å². The first kappa shape index (κ1) is 30.1. The minimum atomic E-state index is -4.12. The Morgan fingerprint density at radius 1 is 1.02 bits per heavy atom. The van der Waals surface area contributed by atoms with Gasteiger partial charge >= 0.3 is 0 Å². The Hall–Kier alpha value is -2.88. The van der Waals surface area contributed by atoms with E-state index >= 15 is 0 Å². The number of nitrogens with one attached hydrogen (secondary N) is 1. The van der Waals surface area contributed by atoms with Crippen LogP contribution in [0, 0.1) is 6.92 Å². The van der Waals surface area contributed by atoms with E-state index in [1.807, 2.05) is 13.0 Å². The summed E-state index contributed by atoms with van der Waals surface area (Å²) in [6.45, 7) is 3.15. The van der Waals surface area contributed by atoms with Gasteiger partial charge in [0.25, 0.3) is 10.0 Å². The highest BCUT2D eigenvalue weighted by molar-refractivity contribution is 9.10. The van der Waals surface area contributed by atoms with Crippen LogP contribution in [0.1, 0.15) is 43.7 Å². The molecule has 1 N–H and O–H groups in total. The van der Waals surface area contributed by atoms with Gasteiger partial charge in [-0.15, -0.1) is 0 Å². The number of hydrogen-bond donors (Lipinski definition) is 1. The Morgan fingerprint density at radius 2 is 1.70 bits per heavy atom. The van der Waals surface area contributed by atoms with E-state index in [2.05, 4.69) is 21.2 Å². The molecule has 3 aromatic carbocycles. The molecule has 4 rings (SSSR count). The summed E-state index contributed by atoms with van der Waals surface area (Å²) >= 11 is 9.62. The lowest BCUT2D eigenvalue weighted by Gasteiger charge is -2.32. The second-order valence-electron chi connectivity index (χ2n) is 10.1. The van der Waals surface area contributed by atoms with Crippen molar-refractivity contribution in [3.05, 3.63) is 93.4 Å². The van der Waals surface area contributed by atoms with Gasteiger partial charge in [-0.25, -0.2) is 8.42 Å². The first-order chi connectivity index (χ1) is 19.0. The van der Waals surface area contributed by atoms with Crippen LogP contribution >= 0.6 is 27.5 Å². The van der Waals surface area contributed by atoms with Crippen LogP contribution in [0.3, 0.4) is 0 Å². The first-order valence-corrected chi connectivity index (χ1v) is 15.8. The molecule has 0 unspecified atom stereocenters. The molecule has 10 heteroatoms. The molecule has 0 aromatic heterocycles. The molecular weight excluding hydrogens is 614 g/mol. The summed E-state index contributed by atoms with van der Waals surface area (Å²) in [7, 11) is -4.12. The summed E-state index contributed by atoms with van der Waals surface area (Å²) in [4.78, 5) is 28.8. The van der Waals surface area contributed by atoms with Gasteiger partial charge in [-0.05, 0) is 74.7 Å². The highest BCUT2D eigenvalue weighted by atomic mass is 79.9. The topological polar surface area (TPSA) is 86.8 Å². The summed E-state index contributed by atoms with van der Waals surface area (Å²) in [5.41, 5.74) is 1.98. The molecule has 0 spiro atoms. The molecule has 0 heterocycles. The van der Waals surface area contributed by atoms with Crippen molar-refractivity contribution >= 4 is 55.1 Å². The normalized spacial score (nSPS) is 14.5. The van der Waals surface area contributed by atoms with E-state index in [0.717, 1.165) is 41.1 Å². The van der Waals surface area contributed by atoms with Gasteiger partial charge in [0.2, 0.25) is 11.8 Å². The molecule has 0 saturated heterocycles. The SMILES string of the molecule is Cc1ccc(S(=O)(=O)N(CC(=O)N(Cc2cccc(Cl)c2)[C@@H](C)C(=O)NC2CCCC2)c2cccc(Br)c2)cc1. The molecular formula is C30H33BrClN3O4S. The molecule has 1 saturated carbocycles. The van der Waals surface area contributed by atoms with Crippen LogP contribution in [0.5, 0.6) is 0 Å². The van der Waals surface area contributed by atoms with E-state index in [9.17, 15) is 18.0 Å². The van der Waals surface area contributed by atoms with Crippen LogP contribution in [0.15, 0.2) is 82.2 Å². The third kappa shape index (κ3) is 7.44. The zero-order chi connectivity index (χ0) is 28.9. The zero-order valence-electron chi connectivity index (χ0n) is 22.5. The molecule has 1 aliphatic carbocycles. The molecule has 40 heavy (non-hydrogen) atoms. The maximum absolute atomic E-state index is 14.0. The van der Waals surface area contributed by atoms with Gasteiger partial charge in [0.1, 0.15) is 12.6 Å². The number of rotatable bonds is 10. The van der Waals surface area contributed by atoms with Gasteiger partial charge in [0, 0.05) is 22.1 Å². The number of halogens is 2. The molecule has 212 valence electrons. The van der Waals surface area contributed by atoms with E-state index in [-0.39, 0.29) is 23.4 Å². The fraction of sp³-hybridized carbons (Fsp3) is 0.333. The van der Waals surface area contributed by atoms with E-state index in [1.54, 1.807) is 61.5 Å². The molecule has 7 nitrogen and oxygen atoms in total. The van der Waals surface area contributed by atoms with E-state index in [0.29, 0.717) is 15.2 Å². The predicted molar refractivity (Wildman–Crippen MR) is 162 cm³/mol. The second kappa shape index (κ2) is 13.2. The number of nitrogens with zero attached hydrogens (tertiary/aromatic N) is 2. The number of anilines is 1. The van der Waals surface area contributed by atoms with Crippen LogP contribution in [-0.4, -0.2) is 43.8 Å². The molecule has 3 aromatic rings.